The molecule has 0 saturated heterocycles. The molecule has 1 aromatic rings. The SMILES string of the molecule is COc1ccc(N)cc1OC1CCC(C)CC1. The number of ether oxygens (including phenoxy) is 2. The van der Waals surface area contributed by atoms with E-state index < -0.39 is 0 Å². The van der Waals surface area contributed by atoms with Crippen LogP contribution in [0.1, 0.15) is 32.6 Å². The number of nitrogens with two attached hydrogens (primary N) is 1. The summed E-state index contributed by atoms with van der Waals surface area (Å²) in [5.74, 6) is 2.36. The van der Waals surface area contributed by atoms with E-state index >= 15 is 0 Å². The zero-order valence-electron chi connectivity index (χ0n) is 10.6. The van der Waals surface area contributed by atoms with Crippen LogP contribution < -0.4 is 15.2 Å². The summed E-state index contributed by atoms with van der Waals surface area (Å²) in [7, 11) is 1.65. The summed E-state index contributed by atoms with van der Waals surface area (Å²) in [6, 6.07) is 5.53. The van der Waals surface area contributed by atoms with Crippen molar-refractivity contribution in [1.82, 2.24) is 0 Å². The lowest BCUT2D eigenvalue weighted by Crippen LogP contribution is -2.23. The maximum Gasteiger partial charge on any atom is 0.163 e. The van der Waals surface area contributed by atoms with Crippen molar-refractivity contribution in [2.45, 2.75) is 38.7 Å². The predicted molar refractivity (Wildman–Crippen MR) is 69.5 cm³/mol. The lowest BCUT2D eigenvalue weighted by Gasteiger charge is -2.27. The van der Waals surface area contributed by atoms with E-state index in [0.29, 0.717) is 11.8 Å². The van der Waals surface area contributed by atoms with E-state index in [0.717, 1.165) is 30.3 Å². The smallest absolute Gasteiger partial charge is 0.163 e. The minimum Gasteiger partial charge on any atom is -0.493 e. The largest absolute Gasteiger partial charge is 0.493 e. The van der Waals surface area contributed by atoms with E-state index in [1.165, 1.54) is 12.8 Å². The first-order chi connectivity index (χ1) is 8.19. The second-order valence-corrected chi connectivity index (χ2v) is 4.91. The number of benzene rings is 1. The molecule has 2 rings (SSSR count). The average Bonchev–Trinajstić information content (AvgIpc) is 2.32. The molecular formula is C14H21NO2. The van der Waals surface area contributed by atoms with Gasteiger partial charge in [-0.3, -0.25) is 0 Å². The Morgan fingerprint density at radius 1 is 1.12 bits per heavy atom. The topological polar surface area (TPSA) is 44.5 Å². The minimum atomic E-state index is 0.307. The van der Waals surface area contributed by atoms with Crippen LogP contribution >= 0.6 is 0 Å². The first-order valence-electron chi connectivity index (χ1n) is 6.29. The van der Waals surface area contributed by atoms with E-state index in [2.05, 4.69) is 6.92 Å². The molecule has 94 valence electrons. The fraction of sp³-hybridized carbons (Fsp3) is 0.571. The Morgan fingerprint density at radius 2 is 1.82 bits per heavy atom. The van der Waals surface area contributed by atoms with Crippen molar-refractivity contribution in [2.75, 3.05) is 12.8 Å². The highest BCUT2D eigenvalue weighted by Gasteiger charge is 2.20. The number of rotatable bonds is 3. The van der Waals surface area contributed by atoms with Gasteiger partial charge in [0.05, 0.1) is 13.2 Å². The monoisotopic (exact) mass is 235 g/mol. The Labute approximate surface area is 103 Å². The molecule has 17 heavy (non-hydrogen) atoms. The van der Waals surface area contributed by atoms with E-state index in [9.17, 15) is 0 Å². The minimum absolute atomic E-state index is 0.307. The highest BCUT2D eigenvalue weighted by Crippen LogP contribution is 2.33. The molecule has 1 aliphatic rings. The van der Waals surface area contributed by atoms with Crippen LogP contribution in [0.2, 0.25) is 0 Å². The van der Waals surface area contributed by atoms with Gasteiger partial charge < -0.3 is 15.2 Å². The van der Waals surface area contributed by atoms with Crippen molar-refractivity contribution in [3.8, 4) is 11.5 Å². The van der Waals surface area contributed by atoms with Gasteiger partial charge in [-0.25, -0.2) is 0 Å². The van der Waals surface area contributed by atoms with Gasteiger partial charge in [0.15, 0.2) is 11.5 Å². The normalized spacial score (nSPS) is 24.4. The van der Waals surface area contributed by atoms with Crippen molar-refractivity contribution < 1.29 is 9.47 Å². The lowest BCUT2D eigenvalue weighted by atomic mass is 9.89. The van der Waals surface area contributed by atoms with Gasteiger partial charge in [0.1, 0.15) is 0 Å². The molecule has 0 amide bonds. The summed E-state index contributed by atoms with van der Waals surface area (Å²) in [6.45, 7) is 2.30. The van der Waals surface area contributed by atoms with E-state index in [4.69, 9.17) is 15.2 Å². The molecule has 0 spiro atoms. The first kappa shape index (κ1) is 12.1. The maximum atomic E-state index is 6.00. The van der Waals surface area contributed by atoms with E-state index in [1.54, 1.807) is 7.11 Å². The summed E-state index contributed by atoms with van der Waals surface area (Å²) in [4.78, 5) is 0. The van der Waals surface area contributed by atoms with Gasteiger partial charge >= 0.3 is 0 Å². The second kappa shape index (κ2) is 5.30. The van der Waals surface area contributed by atoms with Crippen LogP contribution in [0.15, 0.2) is 18.2 Å². The molecule has 3 heteroatoms. The highest BCUT2D eigenvalue weighted by molar-refractivity contribution is 5.52. The highest BCUT2D eigenvalue weighted by atomic mass is 16.5. The van der Waals surface area contributed by atoms with Crippen molar-refractivity contribution in [3.63, 3.8) is 0 Å². The second-order valence-electron chi connectivity index (χ2n) is 4.91. The Bertz CT molecular complexity index is 370. The molecule has 1 saturated carbocycles. The molecule has 0 heterocycles. The Balaban J connectivity index is 2.04. The van der Waals surface area contributed by atoms with Gasteiger partial charge in [0.2, 0.25) is 0 Å². The zero-order chi connectivity index (χ0) is 12.3. The molecule has 0 aromatic heterocycles. The number of methoxy groups -OCH3 is 1. The third kappa shape index (κ3) is 3.05. The van der Waals surface area contributed by atoms with Crippen LogP contribution in [0.5, 0.6) is 11.5 Å². The van der Waals surface area contributed by atoms with E-state index in [1.807, 2.05) is 18.2 Å². The first-order valence-corrected chi connectivity index (χ1v) is 6.29. The summed E-state index contributed by atoms with van der Waals surface area (Å²) in [5.41, 5.74) is 6.49. The van der Waals surface area contributed by atoms with Crippen LogP contribution in [-0.2, 0) is 0 Å². The molecule has 0 unspecified atom stereocenters. The average molecular weight is 235 g/mol. The fourth-order valence-electron chi connectivity index (χ4n) is 2.31. The van der Waals surface area contributed by atoms with Crippen molar-refractivity contribution in [2.24, 2.45) is 5.92 Å². The van der Waals surface area contributed by atoms with Gasteiger partial charge in [-0.05, 0) is 43.7 Å². The summed E-state index contributed by atoms with van der Waals surface area (Å²) < 4.78 is 11.3. The molecule has 0 bridgehead atoms. The molecule has 1 aliphatic carbocycles. The summed E-state index contributed by atoms with van der Waals surface area (Å²) >= 11 is 0. The molecule has 0 aliphatic heterocycles. The molecule has 0 radical (unpaired) electrons. The van der Waals surface area contributed by atoms with E-state index in [-0.39, 0.29) is 0 Å². The van der Waals surface area contributed by atoms with Gasteiger partial charge in [-0.1, -0.05) is 6.92 Å². The Kier molecular flexibility index (Phi) is 3.77. The van der Waals surface area contributed by atoms with Crippen LogP contribution in [0.4, 0.5) is 5.69 Å². The molecule has 1 aromatic carbocycles. The molecule has 3 nitrogen and oxygen atoms in total. The molecule has 1 fully saturated rings. The molecule has 0 atom stereocenters. The fourth-order valence-corrected chi connectivity index (χ4v) is 2.31. The lowest BCUT2D eigenvalue weighted by molar-refractivity contribution is 0.131. The Hall–Kier alpha value is -1.38. The van der Waals surface area contributed by atoms with Gasteiger partial charge in [0, 0.05) is 11.8 Å². The van der Waals surface area contributed by atoms with Gasteiger partial charge in [-0.2, -0.15) is 0 Å². The van der Waals surface area contributed by atoms with Crippen LogP contribution in [0.3, 0.4) is 0 Å². The third-order valence-electron chi connectivity index (χ3n) is 3.44. The van der Waals surface area contributed by atoms with Crippen molar-refractivity contribution >= 4 is 5.69 Å². The van der Waals surface area contributed by atoms with Gasteiger partial charge in [-0.15, -0.1) is 0 Å². The predicted octanol–water partition coefficient (Wildman–Crippen LogP) is 3.23. The number of anilines is 1. The standard InChI is InChI=1S/C14H21NO2/c1-10-3-6-12(7-4-10)17-14-9-11(15)5-8-13(14)16-2/h5,8-10,12H,3-4,6-7,15H2,1-2H3. The van der Waals surface area contributed by atoms with Crippen LogP contribution in [-0.4, -0.2) is 13.2 Å². The molecular weight excluding hydrogens is 214 g/mol. The van der Waals surface area contributed by atoms with Crippen LogP contribution in [0, 0.1) is 5.92 Å². The zero-order valence-corrected chi connectivity index (χ0v) is 10.6. The number of hydrogen-bond acceptors (Lipinski definition) is 3. The summed E-state index contributed by atoms with van der Waals surface area (Å²) in [6.07, 6.45) is 5.05. The van der Waals surface area contributed by atoms with Crippen molar-refractivity contribution in [3.05, 3.63) is 18.2 Å². The van der Waals surface area contributed by atoms with Gasteiger partial charge in [0.25, 0.3) is 0 Å². The number of nitrogen functional groups attached to an aromatic ring is 1. The maximum absolute atomic E-state index is 6.00. The third-order valence-corrected chi connectivity index (χ3v) is 3.44. The van der Waals surface area contributed by atoms with Crippen LogP contribution in [0.25, 0.3) is 0 Å². The molecule has 2 N–H and O–H groups in total. The number of hydrogen-bond donors (Lipinski definition) is 1. The van der Waals surface area contributed by atoms with Crippen molar-refractivity contribution in [1.29, 1.82) is 0 Å². The quantitative estimate of drug-likeness (QED) is 0.818. The Morgan fingerprint density at radius 3 is 2.47 bits per heavy atom. The summed E-state index contributed by atoms with van der Waals surface area (Å²) in [5, 5.41) is 0.